The summed E-state index contributed by atoms with van der Waals surface area (Å²) >= 11 is 7.49. The largest absolute Gasteiger partial charge is 0.321 e. The molecule has 1 aliphatic rings. The number of nitrogens with one attached hydrogen (secondary N) is 1. The topological polar surface area (TPSA) is 79.4 Å². The predicted molar refractivity (Wildman–Crippen MR) is 104 cm³/mol. The molecule has 1 aromatic heterocycles. The summed E-state index contributed by atoms with van der Waals surface area (Å²) in [5.41, 5.74) is 0.381. The van der Waals surface area contributed by atoms with Crippen LogP contribution >= 0.6 is 22.9 Å². The zero-order valence-electron chi connectivity index (χ0n) is 14.5. The maximum Gasteiger partial charge on any atom is 0.267 e. The molecule has 6 nitrogen and oxygen atoms in total. The monoisotopic (exact) mass is 413 g/mol. The fourth-order valence-corrected chi connectivity index (χ4v) is 5.53. The number of carbonyl (C=O) groups excluding carboxylic acids is 1. The van der Waals surface area contributed by atoms with E-state index in [4.69, 9.17) is 11.6 Å². The number of thiazole rings is 1. The summed E-state index contributed by atoms with van der Waals surface area (Å²) in [4.78, 5) is 17.2. The van der Waals surface area contributed by atoms with Crippen molar-refractivity contribution < 1.29 is 13.2 Å². The van der Waals surface area contributed by atoms with Crippen LogP contribution in [0, 0.1) is 0 Å². The molecule has 9 heteroatoms. The van der Waals surface area contributed by atoms with Gasteiger partial charge in [0.1, 0.15) is 9.77 Å². The van der Waals surface area contributed by atoms with Crippen molar-refractivity contribution in [1.29, 1.82) is 0 Å². The molecule has 0 spiro atoms. The molecule has 1 aromatic carbocycles. The Morgan fingerprint density at radius 2 is 2.04 bits per heavy atom. The molecule has 1 aliphatic carbocycles. The van der Waals surface area contributed by atoms with Gasteiger partial charge in [-0.3, -0.25) is 4.79 Å². The Balaban J connectivity index is 1.83. The number of hydrogen-bond acceptors (Lipinski definition) is 5. The third-order valence-corrected chi connectivity index (χ3v) is 7.88. The SMILES string of the molecule is CCN(CC)S(=O)(=O)c1cc(NC(=O)c2cnc(C3CC3)s2)ccc1Cl. The number of hydrogen-bond donors (Lipinski definition) is 1. The third kappa shape index (κ3) is 3.93. The van der Waals surface area contributed by atoms with E-state index < -0.39 is 10.0 Å². The number of aromatic nitrogens is 1. The second-order valence-corrected chi connectivity index (χ2v) is 9.40. The summed E-state index contributed by atoms with van der Waals surface area (Å²) in [6.07, 6.45) is 3.81. The van der Waals surface area contributed by atoms with Crippen molar-refractivity contribution in [2.45, 2.75) is 37.5 Å². The van der Waals surface area contributed by atoms with Crippen LogP contribution in [0.5, 0.6) is 0 Å². The highest BCUT2D eigenvalue weighted by Gasteiger charge is 2.28. The lowest BCUT2D eigenvalue weighted by Gasteiger charge is -2.19. The molecule has 0 saturated heterocycles. The van der Waals surface area contributed by atoms with Gasteiger partial charge in [0.25, 0.3) is 5.91 Å². The summed E-state index contributed by atoms with van der Waals surface area (Å²) < 4.78 is 26.8. The molecule has 1 fully saturated rings. The van der Waals surface area contributed by atoms with Gasteiger partial charge < -0.3 is 5.32 Å². The quantitative estimate of drug-likeness (QED) is 0.745. The van der Waals surface area contributed by atoms with Gasteiger partial charge in [0, 0.05) is 24.7 Å². The predicted octanol–water partition coefficient (Wildman–Crippen LogP) is 3.96. The van der Waals surface area contributed by atoms with Crippen LogP contribution < -0.4 is 5.32 Å². The Morgan fingerprint density at radius 1 is 1.35 bits per heavy atom. The van der Waals surface area contributed by atoms with Gasteiger partial charge in [-0.25, -0.2) is 13.4 Å². The molecule has 0 radical (unpaired) electrons. The Kier molecular flexibility index (Phi) is 5.67. The molecule has 1 heterocycles. The van der Waals surface area contributed by atoms with E-state index in [1.165, 1.54) is 27.8 Å². The van der Waals surface area contributed by atoms with Gasteiger partial charge in [0.2, 0.25) is 10.0 Å². The molecule has 0 bridgehead atoms. The number of amides is 1. The van der Waals surface area contributed by atoms with Crippen LogP contribution in [0.15, 0.2) is 29.3 Å². The summed E-state index contributed by atoms with van der Waals surface area (Å²) in [5, 5.41) is 3.85. The minimum Gasteiger partial charge on any atom is -0.321 e. The molecule has 0 atom stereocenters. The van der Waals surface area contributed by atoms with E-state index in [2.05, 4.69) is 10.3 Å². The van der Waals surface area contributed by atoms with Gasteiger partial charge in [0.15, 0.2) is 0 Å². The van der Waals surface area contributed by atoms with Crippen LogP contribution in [-0.2, 0) is 10.0 Å². The number of sulfonamides is 1. The van der Waals surface area contributed by atoms with Crippen molar-refractivity contribution >= 4 is 44.6 Å². The molecule has 3 rings (SSSR count). The standard InChI is InChI=1S/C17H20ClN3O3S2/c1-3-21(4-2)26(23,24)15-9-12(7-8-13(15)18)20-16(22)14-10-19-17(25-14)11-5-6-11/h7-11H,3-6H2,1-2H3,(H,20,22). The van der Waals surface area contributed by atoms with Gasteiger partial charge in [-0.05, 0) is 31.0 Å². The lowest BCUT2D eigenvalue weighted by Crippen LogP contribution is -2.30. The van der Waals surface area contributed by atoms with Crippen LogP contribution in [0.4, 0.5) is 5.69 Å². The molecule has 2 aromatic rings. The fourth-order valence-electron chi connectivity index (χ4n) is 2.59. The molecule has 0 unspecified atom stereocenters. The molecule has 1 amide bonds. The summed E-state index contributed by atoms with van der Waals surface area (Å²) in [6.45, 7) is 4.22. The van der Waals surface area contributed by atoms with Gasteiger partial charge >= 0.3 is 0 Å². The first-order valence-electron chi connectivity index (χ1n) is 8.43. The van der Waals surface area contributed by atoms with Crippen molar-refractivity contribution in [3.8, 4) is 0 Å². The first-order valence-corrected chi connectivity index (χ1v) is 11.1. The van der Waals surface area contributed by atoms with Crippen LogP contribution in [0.3, 0.4) is 0 Å². The molecule has 140 valence electrons. The number of benzene rings is 1. The zero-order chi connectivity index (χ0) is 18.9. The Hall–Kier alpha value is -1.48. The van der Waals surface area contributed by atoms with Crippen molar-refractivity contribution in [1.82, 2.24) is 9.29 Å². The summed E-state index contributed by atoms with van der Waals surface area (Å²) in [7, 11) is -3.71. The number of nitrogens with zero attached hydrogens (tertiary/aromatic N) is 2. The van der Waals surface area contributed by atoms with Crippen LogP contribution in [-0.4, -0.2) is 36.7 Å². The van der Waals surface area contributed by atoms with E-state index in [1.54, 1.807) is 26.1 Å². The number of carbonyl (C=O) groups is 1. The molecule has 1 N–H and O–H groups in total. The van der Waals surface area contributed by atoms with E-state index in [1.807, 2.05) is 0 Å². The minimum atomic E-state index is -3.71. The average molecular weight is 414 g/mol. The molecular formula is C17H20ClN3O3S2. The van der Waals surface area contributed by atoms with E-state index in [-0.39, 0.29) is 15.8 Å². The molecule has 0 aliphatic heterocycles. The number of halogens is 1. The average Bonchev–Trinajstić information content (AvgIpc) is 3.34. The Morgan fingerprint density at radius 3 is 2.65 bits per heavy atom. The lowest BCUT2D eigenvalue weighted by atomic mass is 10.3. The van der Waals surface area contributed by atoms with Gasteiger partial charge in [-0.15, -0.1) is 11.3 Å². The van der Waals surface area contributed by atoms with Gasteiger partial charge in [0.05, 0.1) is 16.2 Å². The molecular weight excluding hydrogens is 394 g/mol. The normalized spacial score (nSPS) is 14.6. The van der Waals surface area contributed by atoms with Crippen molar-refractivity contribution in [2.24, 2.45) is 0 Å². The highest BCUT2D eigenvalue weighted by Crippen LogP contribution is 2.41. The van der Waals surface area contributed by atoms with Crippen LogP contribution in [0.1, 0.15) is 47.3 Å². The number of rotatable bonds is 7. The summed E-state index contributed by atoms with van der Waals surface area (Å²) in [6, 6.07) is 4.47. The van der Waals surface area contributed by atoms with E-state index in [9.17, 15) is 13.2 Å². The minimum absolute atomic E-state index is 0.0105. The smallest absolute Gasteiger partial charge is 0.267 e. The Labute approximate surface area is 162 Å². The second-order valence-electron chi connectivity index (χ2n) is 6.03. The zero-order valence-corrected chi connectivity index (χ0v) is 16.9. The number of anilines is 1. The maximum atomic E-state index is 12.7. The van der Waals surface area contributed by atoms with Gasteiger partial charge in [-0.2, -0.15) is 4.31 Å². The first kappa shape index (κ1) is 19.3. The van der Waals surface area contributed by atoms with Crippen molar-refractivity contribution in [3.05, 3.63) is 39.3 Å². The van der Waals surface area contributed by atoms with E-state index >= 15 is 0 Å². The van der Waals surface area contributed by atoms with Crippen LogP contribution in [0.25, 0.3) is 0 Å². The van der Waals surface area contributed by atoms with Gasteiger partial charge in [-0.1, -0.05) is 25.4 Å². The van der Waals surface area contributed by atoms with Crippen LogP contribution in [0.2, 0.25) is 5.02 Å². The summed E-state index contributed by atoms with van der Waals surface area (Å²) in [5.74, 6) is 0.186. The highest BCUT2D eigenvalue weighted by molar-refractivity contribution is 7.89. The maximum absolute atomic E-state index is 12.7. The fraction of sp³-hybridized carbons (Fsp3) is 0.412. The van der Waals surface area contributed by atoms with Crippen molar-refractivity contribution in [2.75, 3.05) is 18.4 Å². The second kappa shape index (κ2) is 7.64. The van der Waals surface area contributed by atoms with E-state index in [0.29, 0.717) is 29.6 Å². The molecule has 26 heavy (non-hydrogen) atoms. The van der Waals surface area contributed by atoms with Crippen molar-refractivity contribution in [3.63, 3.8) is 0 Å². The third-order valence-electron chi connectivity index (χ3n) is 4.19. The first-order chi connectivity index (χ1) is 12.4. The van der Waals surface area contributed by atoms with E-state index in [0.717, 1.165) is 17.8 Å². The highest BCUT2D eigenvalue weighted by atomic mass is 35.5. The lowest BCUT2D eigenvalue weighted by molar-refractivity contribution is 0.103. The Bertz CT molecular complexity index is 919. The molecule has 1 saturated carbocycles.